The van der Waals surface area contributed by atoms with Gasteiger partial charge in [0.2, 0.25) is 10.0 Å². The zero-order valence-corrected chi connectivity index (χ0v) is 15.7. The van der Waals surface area contributed by atoms with Crippen molar-refractivity contribution in [3.63, 3.8) is 0 Å². The van der Waals surface area contributed by atoms with Crippen LogP contribution in [0.4, 0.5) is 4.39 Å². The lowest BCUT2D eigenvalue weighted by Crippen LogP contribution is -2.48. The molecule has 1 aromatic heterocycles. The van der Waals surface area contributed by atoms with E-state index in [4.69, 9.17) is 4.74 Å². The van der Waals surface area contributed by atoms with Crippen LogP contribution in [0.2, 0.25) is 0 Å². The number of pyridine rings is 1. The topological polar surface area (TPSA) is 62.7 Å². The number of piperazine rings is 1. The van der Waals surface area contributed by atoms with E-state index < -0.39 is 10.0 Å². The molecule has 4 rings (SSSR count). The standard InChI is InChI=1S/C19H22FN3O3S/c20-19-15(3-1-5-18(19)26-16-6-7-16)14-22-9-11-23(12-10-22)27(24,25)17-4-2-8-21-13-17/h1-5,8,13,16H,6-7,9-12,14H2. The van der Waals surface area contributed by atoms with Gasteiger partial charge in [0, 0.05) is 50.7 Å². The summed E-state index contributed by atoms with van der Waals surface area (Å²) in [7, 11) is -3.53. The number of rotatable bonds is 6. The third kappa shape index (κ3) is 4.12. The van der Waals surface area contributed by atoms with Crippen molar-refractivity contribution >= 4 is 10.0 Å². The highest BCUT2D eigenvalue weighted by Gasteiger charge is 2.29. The second kappa shape index (κ2) is 7.53. The Kier molecular flexibility index (Phi) is 5.12. The molecule has 27 heavy (non-hydrogen) atoms. The molecule has 0 radical (unpaired) electrons. The van der Waals surface area contributed by atoms with Crippen LogP contribution in [0, 0.1) is 5.82 Å². The van der Waals surface area contributed by atoms with E-state index in [9.17, 15) is 12.8 Å². The summed E-state index contributed by atoms with van der Waals surface area (Å²) in [5.41, 5.74) is 0.580. The van der Waals surface area contributed by atoms with Crippen molar-refractivity contribution in [2.45, 2.75) is 30.4 Å². The van der Waals surface area contributed by atoms with Gasteiger partial charge in [0.25, 0.3) is 0 Å². The number of hydrogen-bond donors (Lipinski definition) is 0. The smallest absolute Gasteiger partial charge is 0.244 e. The maximum absolute atomic E-state index is 14.6. The third-order valence-corrected chi connectivity index (χ3v) is 6.74. The second-order valence-electron chi connectivity index (χ2n) is 6.92. The molecule has 1 aromatic carbocycles. The van der Waals surface area contributed by atoms with Crippen LogP contribution < -0.4 is 4.74 Å². The van der Waals surface area contributed by atoms with Gasteiger partial charge < -0.3 is 4.74 Å². The van der Waals surface area contributed by atoms with Gasteiger partial charge in [0.05, 0.1) is 6.10 Å². The fourth-order valence-electron chi connectivity index (χ4n) is 3.15. The van der Waals surface area contributed by atoms with Crippen LogP contribution in [0.15, 0.2) is 47.6 Å². The fraction of sp³-hybridized carbons (Fsp3) is 0.421. The zero-order valence-electron chi connectivity index (χ0n) is 14.9. The minimum Gasteiger partial charge on any atom is -0.487 e. The summed E-state index contributed by atoms with van der Waals surface area (Å²) in [6, 6.07) is 8.39. The van der Waals surface area contributed by atoms with Gasteiger partial charge in [-0.25, -0.2) is 12.8 Å². The summed E-state index contributed by atoms with van der Waals surface area (Å²) in [6.07, 6.45) is 5.03. The summed E-state index contributed by atoms with van der Waals surface area (Å²) < 4.78 is 47.0. The molecule has 6 nitrogen and oxygen atoms in total. The summed E-state index contributed by atoms with van der Waals surface area (Å²) in [5, 5.41) is 0. The predicted molar refractivity (Wildman–Crippen MR) is 98.3 cm³/mol. The van der Waals surface area contributed by atoms with Crippen LogP contribution in [-0.2, 0) is 16.6 Å². The SMILES string of the molecule is O=S(=O)(c1cccnc1)N1CCN(Cc2cccc(OC3CC3)c2F)CC1. The van der Waals surface area contributed by atoms with E-state index in [1.807, 2.05) is 0 Å². The average molecular weight is 391 g/mol. The third-order valence-electron chi connectivity index (χ3n) is 4.86. The van der Waals surface area contributed by atoms with Crippen molar-refractivity contribution < 1.29 is 17.5 Å². The molecule has 0 spiro atoms. The molecule has 2 heterocycles. The van der Waals surface area contributed by atoms with Gasteiger partial charge in [-0.2, -0.15) is 4.31 Å². The highest BCUT2D eigenvalue weighted by Crippen LogP contribution is 2.30. The predicted octanol–water partition coefficient (Wildman–Crippen LogP) is 2.27. The Labute approximate surface area is 158 Å². The molecule has 0 N–H and O–H groups in total. The molecule has 2 aromatic rings. The first kappa shape index (κ1) is 18.3. The summed E-state index contributed by atoms with van der Waals surface area (Å²) in [6.45, 7) is 2.28. The highest BCUT2D eigenvalue weighted by molar-refractivity contribution is 7.89. The number of sulfonamides is 1. The Morgan fingerprint density at radius 3 is 2.56 bits per heavy atom. The van der Waals surface area contributed by atoms with E-state index in [0.29, 0.717) is 44.0 Å². The summed E-state index contributed by atoms with van der Waals surface area (Å²) in [5.74, 6) is 0.00241. The van der Waals surface area contributed by atoms with Crippen LogP contribution in [0.25, 0.3) is 0 Å². The Bertz CT molecular complexity index is 896. The molecule has 2 fully saturated rings. The molecule has 0 atom stereocenters. The molecule has 1 aliphatic carbocycles. The molecule has 0 amide bonds. The number of hydrogen-bond acceptors (Lipinski definition) is 5. The number of halogens is 1. The molecular weight excluding hydrogens is 369 g/mol. The van der Waals surface area contributed by atoms with Crippen molar-refractivity contribution in [2.75, 3.05) is 26.2 Å². The molecule has 1 saturated heterocycles. The van der Waals surface area contributed by atoms with Gasteiger partial charge in [-0.05, 0) is 31.0 Å². The van der Waals surface area contributed by atoms with Gasteiger partial charge in [-0.3, -0.25) is 9.88 Å². The molecule has 0 unspecified atom stereocenters. The fourth-order valence-corrected chi connectivity index (χ4v) is 4.54. The molecule has 144 valence electrons. The lowest BCUT2D eigenvalue weighted by atomic mass is 10.1. The van der Waals surface area contributed by atoms with Gasteiger partial charge in [0.15, 0.2) is 11.6 Å². The van der Waals surface area contributed by atoms with Crippen LogP contribution in [0.1, 0.15) is 18.4 Å². The van der Waals surface area contributed by atoms with E-state index in [0.717, 1.165) is 12.8 Å². The lowest BCUT2D eigenvalue weighted by molar-refractivity contribution is 0.179. The van der Waals surface area contributed by atoms with E-state index in [1.165, 1.54) is 10.5 Å². The molecule has 1 saturated carbocycles. The Hall–Kier alpha value is -2.03. The molecular formula is C19H22FN3O3S. The molecule has 2 aliphatic rings. The molecule has 8 heteroatoms. The van der Waals surface area contributed by atoms with Crippen LogP contribution in [0.5, 0.6) is 5.75 Å². The van der Waals surface area contributed by atoms with Crippen LogP contribution in [0.3, 0.4) is 0 Å². The van der Waals surface area contributed by atoms with Crippen LogP contribution >= 0.6 is 0 Å². The maximum Gasteiger partial charge on any atom is 0.244 e. The van der Waals surface area contributed by atoms with E-state index >= 15 is 0 Å². The number of benzene rings is 1. The monoisotopic (exact) mass is 391 g/mol. The minimum absolute atomic E-state index is 0.149. The summed E-state index contributed by atoms with van der Waals surface area (Å²) in [4.78, 5) is 6.16. The minimum atomic E-state index is -3.53. The van der Waals surface area contributed by atoms with Gasteiger partial charge >= 0.3 is 0 Å². The van der Waals surface area contributed by atoms with E-state index in [-0.39, 0.29) is 16.8 Å². The average Bonchev–Trinajstić information content (AvgIpc) is 3.50. The van der Waals surface area contributed by atoms with E-state index in [2.05, 4.69) is 9.88 Å². The lowest BCUT2D eigenvalue weighted by Gasteiger charge is -2.34. The van der Waals surface area contributed by atoms with Gasteiger partial charge in [0.1, 0.15) is 4.90 Å². The first-order valence-electron chi connectivity index (χ1n) is 9.10. The van der Waals surface area contributed by atoms with Crippen molar-refractivity contribution in [2.24, 2.45) is 0 Å². The first-order chi connectivity index (χ1) is 13.0. The zero-order chi connectivity index (χ0) is 18.9. The van der Waals surface area contributed by atoms with Crippen LogP contribution in [-0.4, -0.2) is 54.9 Å². The second-order valence-corrected chi connectivity index (χ2v) is 8.85. The maximum atomic E-state index is 14.6. The first-order valence-corrected chi connectivity index (χ1v) is 10.5. The van der Waals surface area contributed by atoms with Crippen molar-refractivity contribution in [1.29, 1.82) is 0 Å². The van der Waals surface area contributed by atoms with E-state index in [1.54, 1.807) is 36.5 Å². The van der Waals surface area contributed by atoms with Gasteiger partial charge in [-0.15, -0.1) is 0 Å². The molecule has 0 bridgehead atoms. The van der Waals surface area contributed by atoms with Crippen molar-refractivity contribution in [3.05, 3.63) is 54.1 Å². The summed E-state index contributed by atoms with van der Waals surface area (Å²) >= 11 is 0. The Balaban J connectivity index is 1.39. The molecule has 1 aliphatic heterocycles. The normalized spacial score (nSPS) is 19.1. The van der Waals surface area contributed by atoms with Gasteiger partial charge in [-0.1, -0.05) is 12.1 Å². The number of nitrogens with zero attached hydrogens (tertiary/aromatic N) is 3. The number of aromatic nitrogens is 1. The highest BCUT2D eigenvalue weighted by atomic mass is 32.2. The largest absolute Gasteiger partial charge is 0.487 e. The Morgan fingerprint density at radius 1 is 1.11 bits per heavy atom. The number of ether oxygens (including phenoxy) is 1. The van der Waals surface area contributed by atoms with Crippen molar-refractivity contribution in [3.8, 4) is 5.75 Å². The quantitative estimate of drug-likeness (QED) is 0.756. The van der Waals surface area contributed by atoms with Crippen molar-refractivity contribution in [1.82, 2.24) is 14.2 Å². The Morgan fingerprint density at radius 2 is 1.89 bits per heavy atom.